The predicted molar refractivity (Wildman–Crippen MR) is 148 cm³/mol. The first-order valence-electron chi connectivity index (χ1n) is 12.8. The summed E-state index contributed by atoms with van der Waals surface area (Å²) in [6.07, 6.45) is 2.76. The van der Waals surface area contributed by atoms with Gasteiger partial charge in [-0.05, 0) is 54.4 Å². The number of nitrogens with zero attached hydrogens (tertiary/aromatic N) is 1. The number of para-hydroxylation sites is 3. The van der Waals surface area contributed by atoms with Crippen molar-refractivity contribution in [1.29, 1.82) is 0 Å². The number of ketones is 1. The van der Waals surface area contributed by atoms with Crippen molar-refractivity contribution >= 4 is 17.2 Å². The number of allylic oxidation sites excluding steroid dienone is 1. The maximum Gasteiger partial charge on any atom is 0.163 e. The van der Waals surface area contributed by atoms with Crippen LogP contribution in [0.4, 0.5) is 11.4 Å². The maximum absolute atomic E-state index is 14.1. The second kappa shape index (κ2) is 10.1. The zero-order valence-electron chi connectivity index (χ0n) is 21.5. The summed E-state index contributed by atoms with van der Waals surface area (Å²) in [6, 6.07) is 27.8. The molecule has 2 heterocycles. The van der Waals surface area contributed by atoms with Gasteiger partial charge in [0.15, 0.2) is 5.78 Å². The number of methoxy groups -OCH3 is 2. The molecule has 0 saturated carbocycles. The first kappa shape index (κ1) is 23.9. The fraction of sp³-hybridized carbons (Fsp3) is 0.219. The van der Waals surface area contributed by atoms with Crippen LogP contribution in [0.25, 0.3) is 0 Å². The van der Waals surface area contributed by atoms with E-state index in [9.17, 15) is 4.79 Å². The fourth-order valence-corrected chi connectivity index (χ4v) is 5.70. The molecule has 0 amide bonds. The van der Waals surface area contributed by atoms with E-state index in [2.05, 4.69) is 40.5 Å². The van der Waals surface area contributed by atoms with Crippen LogP contribution in [0.5, 0.6) is 11.5 Å². The Balaban J connectivity index is 1.54. The lowest BCUT2D eigenvalue weighted by atomic mass is 9.79. The highest BCUT2D eigenvalue weighted by molar-refractivity contribution is 6.01. The lowest BCUT2D eigenvalue weighted by Crippen LogP contribution is -2.34. The Morgan fingerprint density at radius 2 is 1.68 bits per heavy atom. The van der Waals surface area contributed by atoms with Crippen LogP contribution in [-0.4, -0.2) is 20.0 Å². The summed E-state index contributed by atoms with van der Waals surface area (Å²) in [5.41, 5.74) is 5.78. The molecule has 6 rings (SSSR count). The molecule has 192 valence electrons. The van der Waals surface area contributed by atoms with Crippen molar-refractivity contribution in [1.82, 2.24) is 0 Å². The molecule has 1 aliphatic heterocycles. The van der Waals surface area contributed by atoms with Crippen molar-refractivity contribution < 1.29 is 18.7 Å². The number of anilines is 2. The number of benzene rings is 3. The van der Waals surface area contributed by atoms with Crippen molar-refractivity contribution in [2.24, 2.45) is 0 Å². The summed E-state index contributed by atoms with van der Waals surface area (Å²) in [7, 11) is 3.35. The number of carbonyl (C=O) groups is 1. The molecule has 38 heavy (non-hydrogen) atoms. The van der Waals surface area contributed by atoms with Gasteiger partial charge < -0.3 is 24.1 Å². The molecule has 1 aromatic heterocycles. The lowest BCUT2D eigenvalue weighted by molar-refractivity contribution is -0.116. The molecule has 0 radical (unpaired) electrons. The van der Waals surface area contributed by atoms with Gasteiger partial charge in [0.25, 0.3) is 0 Å². The van der Waals surface area contributed by atoms with Crippen molar-refractivity contribution in [3.63, 3.8) is 0 Å². The minimum absolute atomic E-state index is 0.0117. The minimum atomic E-state index is -0.343. The largest absolute Gasteiger partial charge is 0.497 e. The van der Waals surface area contributed by atoms with Gasteiger partial charge >= 0.3 is 0 Å². The van der Waals surface area contributed by atoms with Crippen LogP contribution < -0.4 is 19.7 Å². The standard InChI is InChI=1S/C32H30N2O4/c1-36-23-15-13-21(14-16-23)20-34-27-10-5-4-9-25(27)33-26-18-22(29-12-7-17-38-29)19-28(35)31(26)32(34)24-8-3-6-11-30(24)37-2/h3-17,22,32-33H,18-20H2,1-2H3. The van der Waals surface area contributed by atoms with E-state index in [1.54, 1.807) is 20.5 Å². The van der Waals surface area contributed by atoms with Gasteiger partial charge in [0, 0.05) is 35.7 Å². The molecule has 3 aromatic carbocycles. The van der Waals surface area contributed by atoms with E-state index >= 15 is 0 Å². The summed E-state index contributed by atoms with van der Waals surface area (Å²) in [5.74, 6) is 2.51. The molecule has 4 aromatic rings. The summed E-state index contributed by atoms with van der Waals surface area (Å²) in [4.78, 5) is 16.4. The Hall–Kier alpha value is -4.45. The highest BCUT2D eigenvalue weighted by Crippen LogP contribution is 2.49. The van der Waals surface area contributed by atoms with E-state index < -0.39 is 0 Å². The molecule has 1 aliphatic carbocycles. The molecule has 2 aliphatic rings. The molecule has 0 spiro atoms. The summed E-state index contributed by atoms with van der Waals surface area (Å²) in [5, 5.41) is 3.67. The highest BCUT2D eigenvalue weighted by atomic mass is 16.5. The second-order valence-corrected chi connectivity index (χ2v) is 9.70. The number of hydrogen-bond donors (Lipinski definition) is 1. The third-order valence-corrected chi connectivity index (χ3v) is 7.48. The van der Waals surface area contributed by atoms with Crippen LogP contribution in [0.15, 0.2) is 107 Å². The number of ether oxygens (including phenoxy) is 2. The number of hydrogen-bond acceptors (Lipinski definition) is 6. The first-order chi connectivity index (χ1) is 18.7. The number of fused-ring (bicyclic) bond motifs is 1. The Kier molecular flexibility index (Phi) is 6.38. The molecule has 0 fully saturated rings. The van der Waals surface area contributed by atoms with Gasteiger partial charge in [0.05, 0.1) is 37.9 Å². The van der Waals surface area contributed by atoms with E-state index in [1.807, 2.05) is 54.6 Å². The molecular formula is C32H30N2O4. The highest BCUT2D eigenvalue weighted by Gasteiger charge is 2.41. The zero-order chi connectivity index (χ0) is 26.1. The average molecular weight is 507 g/mol. The maximum atomic E-state index is 14.1. The molecule has 6 heteroatoms. The van der Waals surface area contributed by atoms with E-state index in [-0.39, 0.29) is 17.7 Å². The third-order valence-electron chi connectivity index (χ3n) is 7.48. The van der Waals surface area contributed by atoms with Gasteiger partial charge in [0.2, 0.25) is 0 Å². The van der Waals surface area contributed by atoms with Crippen molar-refractivity contribution in [2.45, 2.75) is 31.3 Å². The summed E-state index contributed by atoms with van der Waals surface area (Å²) >= 11 is 0. The number of carbonyl (C=O) groups excluding carboxylic acids is 1. The van der Waals surface area contributed by atoms with E-state index in [0.29, 0.717) is 19.4 Å². The Bertz CT molecular complexity index is 1470. The van der Waals surface area contributed by atoms with Crippen molar-refractivity contribution in [2.75, 3.05) is 24.4 Å². The molecule has 2 atom stereocenters. The van der Waals surface area contributed by atoms with Crippen LogP contribution in [-0.2, 0) is 11.3 Å². The average Bonchev–Trinajstić information content (AvgIpc) is 3.46. The Morgan fingerprint density at radius 3 is 2.45 bits per heavy atom. The zero-order valence-corrected chi connectivity index (χ0v) is 21.5. The Morgan fingerprint density at radius 1 is 0.895 bits per heavy atom. The number of furan rings is 1. The van der Waals surface area contributed by atoms with Crippen LogP contribution in [0.3, 0.4) is 0 Å². The monoisotopic (exact) mass is 506 g/mol. The molecular weight excluding hydrogens is 476 g/mol. The summed E-state index contributed by atoms with van der Waals surface area (Å²) < 4.78 is 16.9. The van der Waals surface area contributed by atoms with Crippen LogP contribution in [0, 0.1) is 0 Å². The van der Waals surface area contributed by atoms with Crippen molar-refractivity contribution in [3.05, 3.63) is 119 Å². The fourth-order valence-electron chi connectivity index (χ4n) is 5.70. The summed E-state index contributed by atoms with van der Waals surface area (Å²) in [6.45, 7) is 0.594. The van der Waals surface area contributed by atoms with Gasteiger partial charge in [-0.15, -0.1) is 0 Å². The van der Waals surface area contributed by atoms with Gasteiger partial charge in [0.1, 0.15) is 17.3 Å². The molecule has 0 bridgehead atoms. The van der Waals surface area contributed by atoms with E-state index in [4.69, 9.17) is 13.9 Å². The molecule has 6 nitrogen and oxygen atoms in total. The minimum Gasteiger partial charge on any atom is -0.497 e. The van der Waals surface area contributed by atoms with Gasteiger partial charge in [-0.2, -0.15) is 0 Å². The quantitative estimate of drug-likeness (QED) is 0.308. The number of Topliss-reactive ketones (excluding diaryl/α,β-unsaturated/α-hetero) is 1. The molecule has 0 saturated heterocycles. The second-order valence-electron chi connectivity index (χ2n) is 9.70. The van der Waals surface area contributed by atoms with E-state index in [0.717, 1.165) is 51.0 Å². The smallest absolute Gasteiger partial charge is 0.163 e. The SMILES string of the molecule is COc1ccc(CN2c3ccccc3NC3=C(C(=O)CC(c4ccco4)C3)C2c2ccccc2OC)cc1. The van der Waals surface area contributed by atoms with Crippen LogP contribution in [0.1, 0.15) is 41.7 Å². The lowest BCUT2D eigenvalue weighted by Gasteiger charge is -2.37. The Labute approximate surface area is 222 Å². The number of nitrogens with one attached hydrogen (secondary N) is 1. The van der Waals surface area contributed by atoms with Crippen LogP contribution in [0.2, 0.25) is 0 Å². The first-order valence-corrected chi connectivity index (χ1v) is 12.8. The van der Waals surface area contributed by atoms with E-state index in [1.165, 1.54) is 0 Å². The normalized spacial score (nSPS) is 18.8. The number of rotatable bonds is 6. The van der Waals surface area contributed by atoms with Crippen LogP contribution >= 0.6 is 0 Å². The topological polar surface area (TPSA) is 63.9 Å². The van der Waals surface area contributed by atoms with Gasteiger partial charge in [-0.25, -0.2) is 0 Å². The molecule has 1 N–H and O–H groups in total. The van der Waals surface area contributed by atoms with Crippen molar-refractivity contribution in [3.8, 4) is 11.5 Å². The van der Waals surface area contributed by atoms with Gasteiger partial charge in [-0.1, -0.05) is 42.5 Å². The molecule has 2 unspecified atom stereocenters. The predicted octanol–water partition coefficient (Wildman–Crippen LogP) is 6.87. The van der Waals surface area contributed by atoms with Gasteiger partial charge in [-0.3, -0.25) is 4.79 Å². The third kappa shape index (κ3) is 4.32.